The highest BCUT2D eigenvalue weighted by Gasteiger charge is 2.29. The molecule has 12 nitrogen and oxygen atoms in total. The number of primary amides is 1. The summed E-state index contributed by atoms with van der Waals surface area (Å²) in [5, 5.41) is 10.8. The Kier molecular flexibility index (Phi) is 15.5. The van der Waals surface area contributed by atoms with Gasteiger partial charge in [-0.05, 0) is 63.1 Å². The number of benzene rings is 1. The largest absolute Gasteiger partial charge is 0.470 e. The predicted octanol–water partition coefficient (Wildman–Crippen LogP) is 2.49. The molecular weight excluding hydrogens is 529 g/mol. The molecule has 0 heterocycles. The summed E-state index contributed by atoms with van der Waals surface area (Å²) in [7, 11) is 4.98. The summed E-state index contributed by atoms with van der Waals surface area (Å²) in [6, 6.07) is 4.02. The van der Waals surface area contributed by atoms with Crippen molar-refractivity contribution in [1.82, 2.24) is 16.0 Å². The first-order valence-electron chi connectivity index (χ1n) is 13.8. The summed E-state index contributed by atoms with van der Waals surface area (Å²) < 4.78 is 10.5. The molecule has 0 aliphatic heterocycles. The lowest BCUT2D eigenvalue weighted by atomic mass is 9.99. The first-order valence-corrected chi connectivity index (χ1v) is 13.8. The van der Waals surface area contributed by atoms with Crippen LogP contribution in [0.5, 0.6) is 0 Å². The second-order valence-electron chi connectivity index (χ2n) is 10.7. The lowest BCUT2D eigenvalue weighted by Crippen LogP contribution is -2.54. The lowest BCUT2D eigenvalue weighted by Gasteiger charge is -2.27. The van der Waals surface area contributed by atoms with E-state index in [-0.39, 0.29) is 37.8 Å². The van der Waals surface area contributed by atoms with Crippen molar-refractivity contribution in [2.24, 2.45) is 11.7 Å². The van der Waals surface area contributed by atoms with Gasteiger partial charge < -0.3 is 36.5 Å². The zero-order valence-electron chi connectivity index (χ0n) is 24.7. The summed E-state index contributed by atoms with van der Waals surface area (Å²) >= 11 is 0. The van der Waals surface area contributed by atoms with E-state index in [1.807, 2.05) is 20.8 Å². The van der Waals surface area contributed by atoms with Crippen molar-refractivity contribution >= 4 is 43.2 Å². The van der Waals surface area contributed by atoms with Crippen molar-refractivity contribution in [1.29, 1.82) is 0 Å². The quantitative estimate of drug-likeness (QED) is 0.132. The summed E-state index contributed by atoms with van der Waals surface area (Å²) in [4.78, 5) is 61.0. The van der Waals surface area contributed by atoms with Crippen molar-refractivity contribution in [3.8, 4) is 0 Å². The normalized spacial score (nSPS) is 12.6. The van der Waals surface area contributed by atoms with E-state index in [0.29, 0.717) is 30.7 Å². The number of carbonyl (C=O) groups excluding carboxylic acids is 5. The highest BCUT2D eigenvalue weighted by Crippen LogP contribution is 2.17. The van der Waals surface area contributed by atoms with Crippen LogP contribution in [-0.2, 0) is 30.5 Å². The number of carbonyl (C=O) groups is 5. The Hall–Kier alpha value is -3.61. The zero-order chi connectivity index (χ0) is 31.0. The van der Waals surface area contributed by atoms with Gasteiger partial charge in [0.15, 0.2) is 0 Å². The summed E-state index contributed by atoms with van der Waals surface area (Å²) in [6.45, 7) is 10.2. The van der Waals surface area contributed by atoms with Gasteiger partial charge >= 0.3 is 6.03 Å². The third-order valence-electron chi connectivity index (χ3n) is 6.12. The topological polar surface area (TPSA) is 178 Å². The van der Waals surface area contributed by atoms with Gasteiger partial charge in [0, 0.05) is 25.3 Å². The molecule has 5 amide bonds. The molecule has 226 valence electrons. The van der Waals surface area contributed by atoms with Crippen molar-refractivity contribution in [2.75, 3.05) is 18.5 Å². The Labute approximate surface area is 243 Å². The zero-order valence-corrected chi connectivity index (χ0v) is 24.7. The molecular formula is C28H44BN5O7. The highest BCUT2D eigenvalue weighted by atomic mass is 16.5. The van der Waals surface area contributed by atoms with Gasteiger partial charge in [0.05, 0.1) is 5.60 Å². The predicted molar refractivity (Wildman–Crippen MR) is 156 cm³/mol. The van der Waals surface area contributed by atoms with E-state index in [4.69, 9.17) is 23.1 Å². The van der Waals surface area contributed by atoms with E-state index >= 15 is 0 Å². The van der Waals surface area contributed by atoms with Crippen LogP contribution in [0.1, 0.15) is 72.3 Å². The van der Waals surface area contributed by atoms with E-state index in [2.05, 4.69) is 21.3 Å². The Bertz CT molecular complexity index is 1020. The van der Waals surface area contributed by atoms with Crippen LogP contribution in [0.3, 0.4) is 0 Å². The number of nitrogens with two attached hydrogens (primary N) is 1. The Morgan fingerprint density at radius 3 is 2.24 bits per heavy atom. The molecule has 2 atom stereocenters. The van der Waals surface area contributed by atoms with Crippen molar-refractivity contribution in [3.05, 3.63) is 29.8 Å². The van der Waals surface area contributed by atoms with E-state index in [1.54, 1.807) is 38.1 Å². The molecule has 6 N–H and O–H groups in total. The van der Waals surface area contributed by atoms with Gasteiger partial charge in [-0.1, -0.05) is 32.9 Å². The first kappa shape index (κ1) is 35.4. The number of anilines is 1. The van der Waals surface area contributed by atoms with Crippen LogP contribution in [0, 0.1) is 5.92 Å². The molecule has 1 unspecified atom stereocenters. The molecule has 13 heteroatoms. The second-order valence-corrected chi connectivity index (χ2v) is 10.7. The Morgan fingerprint density at radius 1 is 1.02 bits per heavy atom. The molecule has 1 aromatic carbocycles. The Morgan fingerprint density at radius 2 is 1.68 bits per heavy atom. The van der Waals surface area contributed by atoms with Gasteiger partial charge in [-0.15, -0.1) is 0 Å². The maximum atomic E-state index is 13.3. The number of hydrogen-bond donors (Lipinski definition) is 5. The molecule has 0 saturated heterocycles. The van der Waals surface area contributed by atoms with E-state index in [1.165, 1.54) is 0 Å². The fourth-order valence-corrected chi connectivity index (χ4v) is 3.76. The molecule has 0 aliphatic carbocycles. The van der Waals surface area contributed by atoms with Crippen LogP contribution in [0.2, 0.25) is 0 Å². The molecule has 1 rings (SSSR count). The average Bonchev–Trinajstić information content (AvgIpc) is 2.90. The number of hydrogen-bond acceptors (Lipinski definition) is 7. The SMILES string of the molecule is [B]C(=O)OCc1ccc(NC(=O)[C@H](CCCNC(N)=O)NC(=O)C(NC(=O)CCC(C)(C)OCCC)C(C)C)cc1. The van der Waals surface area contributed by atoms with Crippen LogP contribution in [0.25, 0.3) is 0 Å². The van der Waals surface area contributed by atoms with E-state index in [9.17, 15) is 24.0 Å². The summed E-state index contributed by atoms with van der Waals surface area (Å²) in [5.74, 6) is -2.43. The molecule has 0 aliphatic rings. The molecule has 41 heavy (non-hydrogen) atoms. The Balaban J connectivity index is 2.89. The smallest absolute Gasteiger partial charge is 0.312 e. The third kappa shape index (κ3) is 15.1. The first-order chi connectivity index (χ1) is 19.2. The van der Waals surface area contributed by atoms with Crippen molar-refractivity contribution in [3.63, 3.8) is 0 Å². The molecule has 0 bridgehead atoms. The van der Waals surface area contributed by atoms with Gasteiger partial charge in [-0.3, -0.25) is 19.2 Å². The minimum atomic E-state index is -0.963. The number of urea groups is 1. The fourth-order valence-electron chi connectivity index (χ4n) is 3.76. The van der Waals surface area contributed by atoms with Gasteiger partial charge in [0.1, 0.15) is 18.7 Å². The molecule has 2 radical (unpaired) electrons. The summed E-state index contributed by atoms with van der Waals surface area (Å²) in [5.41, 5.74) is 5.76. The second kappa shape index (κ2) is 18.0. The minimum Gasteiger partial charge on any atom is -0.470 e. The molecule has 0 fully saturated rings. The van der Waals surface area contributed by atoms with E-state index in [0.717, 1.165) is 6.42 Å². The molecule has 0 spiro atoms. The van der Waals surface area contributed by atoms with Crippen molar-refractivity contribution in [2.45, 2.75) is 91.0 Å². The van der Waals surface area contributed by atoms with Gasteiger partial charge in [-0.25, -0.2) is 4.79 Å². The van der Waals surface area contributed by atoms with Gasteiger partial charge in [-0.2, -0.15) is 0 Å². The molecule has 0 aromatic heterocycles. The van der Waals surface area contributed by atoms with Gasteiger partial charge in [0.25, 0.3) is 0 Å². The third-order valence-corrected chi connectivity index (χ3v) is 6.12. The number of rotatable bonds is 18. The number of nitrogens with one attached hydrogen (secondary N) is 4. The summed E-state index contributed by atoms with van der Waals surface area (Å²) in [6.07, 6.45) is 2.09. The number of ether oxygens (including phenoxy) is 2. The monoisotopic (exact) mass is 573 g/mol. The average molecular weight is 574 g/mol. The van der Waals surface area contributed by atoms with Crippen LogP contribution < -0.4 is 27.0 Å². The van der Waals surface area contributed by atoms with Crippen LogP contribution in [0.15, 0.2) is 24.3 Å². The molecule has 1 aromatic rings. The van der Waals surface area contributed by atoms with Crippen LogP contribution >= 0.6 is 0 Å². The lowest BCUT2D eigenvalue weighted by molar-refractivity contribution is -0.132. The molecule has 0 saturated carbocycles. The standard InChI is InChI=1S/C28H44BN5O7/c1-6-16-41-28(4,5)14-13-22(35)34-23(18(2)3)25(37)33-21(8-7-15-31-27(30)39)24(36)32-20-11-9-19(10-12-20)17-40-26(29)38/h9-12,18,21,23H,6-8,13-17H2,1-5H3,(H,32,36)(H,33,37)(H,34,35)(H3,30,31,39)/t21-,23?/m0/s1. The highest BCUT2D eigenvalue weighted by molar-refractivity contribution is 6.55. The maximum absolute atomic E-state index is 13.3. The van der Waals surface area contributed by atoms with Crippen LogP contribution in [-0.4, -0.2) is 68.3 Å². The van der Waals surface area contributed by atoms with Crippen LogP contribution in [0.4, 0.5) is 15.3 Å². The van der Waals surface area contributed by atoms with Gasteiger partial charge in [0.2, 0.25) is 31.4 Å². The van der Waals surface area contributed by atoms with Crippen molar-refractivity contribution < 1.29 is 33.4 Å². The maximum Gasteiger partial charge on any atom is 0.312 e. The number of amides is 5. The van der Waals surface area contributed by atoms with E-state index < -0.39 is 41.4 Å². The minimum absolute atomic E-state index is 0.0132. The fraction of sp³-hybridized carbons (Fsp3) is 0.607.